The second kappa shape index (κ2) is 5.21. The van der Waals surface area contributed by atoms with Crippen LogP contribution in [0.25, 0.3) is 0 Å². The minimum absolute atomic E-state index is 0.0208. The molecule has 1 saturated carbocycles. The smallest absolute Gasteiger partial charge is 0.248 e. The van der Waals surface area contributed by atoms with Crippen LogP contribution in [0, 0.1) is 5.92 Å². The van der Waals surface area contributed by atoms with Gasteiger partial charge in [0.25, 0.3) is 0 Å². The van der Waals surface area contributed by atoms with E-state index in [0.717, 1.165) is 0 Å². The van der Waals surface area contributed by atoms with Crippen molar-refractivity contribution in [2.75, 3.05) is 6.61 Å². The molecule has 0 spiro atoms. The van der Waals surface area contributed by atoms with Gasteiger partial charge in [0.15, 0.2) is 0 Å². The lowest BCUT2D eigenvalue weighted by Gasteiger charge is -2.32. The SMILES string of the molecule is CC(C)OCC(N)C1CCC(F)(F)CC1. The maximum absolute atomic E-state index is 12.9. The molecular weight excluding hydrogens is 200 g/mol. The number of nitrogens with two attached hydrogens (primary N) is 1. The Labute approximate surface area is 90.2 Å². The van der Waals surface area contributed by atoms with Crippen LogP contribution in [0.1, 0.15) is 39.5 Å². The summed E-state index contributed by atoms with van der Waals surface area (Å²) in [6, 6.07) is -0.0940. The molecule has 2 N–H and O–H groups in total. The van der Waals surface area contributed by atoms with Crippen molar-refractivity contribution in [3.63, 3.8) is 0 Å². The first-order valence-corrected chi connectivity index (χ1v) is 5.66. The Morgan fingerprint density at radius 2 is 1.87 bits per heavy atom. The molecule has 1 aliphatic rings. The number of hydrogen-bond donors (Lipinski definition) is 1. The van der Waals surface area contributed by atoms with Gasteiger partial charge in [-0.05, 0) is 32.6 Å². The third-order valence-corrected chi connectivity index (χ3v) is 2.99. The maximum Gasteiger partial charge on any atom is 0.248 e. The number of rotatable bonds is 4. The van der Waals surface area contributed by atoms with E-state index in [1.54, 1.807) is 0 Å². The molecule has 1 rings (SSSR count). The molecule has 0 radical (unpaired) electrons. The molecular formula is C11H21F2NO. The fourth-order valence-corrected chi connectivity index (χ4v) is 1.93. The van der Waals surface area contributed by atoms with Gasteiger partial charge in [-0.2, -0.15) is 0 Å². The second-order valence-corrected chi connectivity index (χ2v) is 4.74. The summed E-state index contributed by atoms with van der Waals surface area (Å²) < 4.78 is 31.2. The van der Waals surface area contributed by atoms with E-state index in [9.17, 15) is 8.78 Å². The van der Waals surface area contributed by atoms with E-state index < -0.39 is 5.92 Å². The highest BCUT2D eigenvalue weighted by molar-refractivity contribution is 4.83. The predicted octanol–water partition coefficient (Wildman–Crippen LogP) is 2.56. The van der Waals surface area contributed by atoms with Crippen molar-refractivity contribution >= 4 is 0 Å². The highest BCUT2D eigenvalue weighted by atomic mass is 19.3. The molecule has 0 aromatic rings. The molecule has 0 aromatic carbocycles. The van der Waals surface area contributed by atoms with Crippen LogP contribution in [-0.4, -0.2) is 24.7 Å². The highest BCUT2D eigenvalue weighted by Gasteiger charge is 2.36. The molecule has 1 unspecified atom stereocenters. The standard InChI is InChI=1S/C11H21F2NO/c1-8(2)15-7-10(14)9-3-5-11(12,13)6-4-9/h8-10H,3-7,14H2,1-2H3. The van der Waals surface area contributed by atoms with Crippen LogP contribution >= 0.6 is 0 Å². The fourth-order valence-electron chi connectivity index (χ4n) is 1.93. The van der Waals surface area contributed by atoms with Gasteiger partial charge in [0.2, 0.25) is 5.92 Å². The lowest BCUT2D eigenvalue weighted by molar-refractivity contribution is -0.0530. The van der Waals surface area contributed by atoms with E-state index in [1.807, 2.05) is 13.8 Å². The Morgan fingerprint density at radius 3 is 2.33 bits per heavy atom. The Balaban J connectivity index is 2.27. The van der Waals surface area contributed by atoms with Gasteiger partial charge in [0.1, 0.15) is 0 Å². The number of alkyl halides is 2. The third kappa shape index (κ3) is 4.43. The van der Waals surface area contributed by atoms with Crippen LogP contribution in [0.4, 0.5) is 8.78 Å². The quantitative estimate of drug-likeness (QED) is 0.791. The van der Waals surface area contributed by atoms with Gasteiger partial charge in [0.05, 0.1) is 12.7 Å². The molecule has 0 heterocycles. The van der Waals surface area contributed by atoms with E-state index in [-0.39, 0.29) is 30.9 Å². The lowest BCUT2D eigenvalue weighted by Crippen LogP contribution is -2.39. The van der Waals surface area contributed by atoms with Gasteiger partial charge in [-0.15, -0.1) is 0 Å². The minimum Gasteiger partial charge on any atom is -0.377 e. The van der Waals surface area contributed by atoms with E-state index in [0.29, 0.717) is 19.4 Å². The first-order valence-electron chi connectivity index (χ1n) is 5.66. The Kier molecular flexibility index (Phi) is 4.46. The van der Waals surface area contributed by atoms with Gasteiger partial charge in [-0.25, -0.2) is 8.78 Å². The van der Waals surface area contributed by atoms with Crippen LogP contribution in [0.3, 0.4) is 0 Å². The summed E-state index contributed by atoms with van der Waals surface area (Å²) in [5.41, 5.74) is 5.92. The van der Waals surface area contributed by atoms with Crippen molar-refractivity contribution in [2.24, 2.45) is 11.7 Å². The summed E-state index contributed by atoms with van der Waals surface area (Å²) >= 11 is 0. The molecule has 90 valence electrons. The van der Waals surface area contributed by atoms with Gasteiger partial charge < -0.3 is 10.5 Å². The van der Waals surface area contributed by atoms with Crippen molar-refractivity contribution in [2.45, 2.75) is 57.6 Å². The molecule has 0 amide bonds. The molecule has 2 nitrogen and oxygen atoms in total. The van der Waals surface area contributed by atoms with Gasteiger partial charge in [-0.3, -0.25) is 0 Å². The van der Waals surface area contributed by atoms with Crippen molar-refractivity contribution in [3.05, 3.63) is 0 Å². The first kappa shape index (κ1) is 12.8. The summed E-state index contributed by atoms with van der Waals surface area (Å²) in [7, 11) is 0. The molecule has 0 saturated heterocycles. The molecule has 1 aliphatic carbocycles. The largest absolute Gasteiger partial charge is 0.377 e. The predicted molar refractivity (Wildman–Crippen MR) is 56.0 cm³/mol. The van der Waals surface area contributed by atoms with Crippen LogP contribution in [0.5, 0.6) is 0 Å². The zero-order valence-electron chi connectivity index (χ0n) is 9.51. The molecule has 0 bridgehead atoms. The maximum atomic E-state index is 12.9. The van der Waals surface area contributed by atoms with Gasteiger partial charge >= 0.3 is 0 Å². The summed E-state index contributed by atoms with van der Waals surface area (Å²) in [5, 5.41) is 0. The van der Waals surface area contributed by atoms with Crippen LogP contribution in [0.15, 0.2) is 0 Å². The molecule has 1 atom stereocenters. The van der Waals surface area contributed by atoms with Crippen molar-refractivity contribution < 1.29 is 13.5 Å². The number of halogens is 2. The molecule has 0 aliphatic heterocycles. The van der Waals surface area contributed by atoms with E-state index in [1.165, 1.54) is 0 Å². The monoisotopic (exact) mass is 221 g/mol. The lowest BCUT2D eigenvalue weighted by atomic mass is 9.82. The Bertz CT molecular complexity index is 187. The summed E-state index contributed by atoms with van der Waals surface area (Å²) in [6.45, 7) is 4.37. The zero-order valence-corrected chi connectivity index (χ0v) is 9.51. The van der Waals surface area contributed by atoms with Gasteiger partial charge in [0, 0.05) is 18.9 Å². The molecule has 4 heteroatoms. The first-order chi connectivity index (χ1) is 6.91. The Hall–Kier alpha value is -0.220. The second-order valence-electron chi connectivity index (χ2n) is 4.74. The summed E-state index contributed by atoms with van der Waals surface area (Å²) in [5.74, 6) is -2.27. The fraction of sp³-hybridized carbons (Fsp3) is 1.00. The minimum atomic E-state index is -2.46. The normalized spacial score (nSPS) is 24.4. The highest BCUT2D eigenvalue weighted by Crippen LogP contribution is 2.37. The topological polar surface area (TPSA) is 35.2 Å². The van der Waals surface area contributed by atoms with Crippen LogP contribution < -0.4 is 5.73 Å². The molecule has 0 aromatic heterocycles. The average Bonchev–Trinajstić information content (AvgIpc) is 2.14. The van der Waals surface area contributed by atoms with Gasteiger partial charge in [-0.1, -0.05) is 0 Å². The average molecular weight is 221 g/mol. The van der Waals surface area contributed by atoms with E-state index >= 15 is 0 Å². The zero-order chi connectivity index (χ0) is 11.5. The molecule has 15 heavy (non-hydrogen) atoms. The molecule has 1 fully saturated rings. The van der Waals surface area contributed by atoms with Crippen molar-refractivity contribution in [1.29, 1.82) is 0 Å². The number of ether oxygens (including phenoxy) is 1. The summed E-state index contributed by atoms with van der Waals surface area (Å²) in [6.07, 6.45) is 1.16. The number of hydrogen-bond acceptors (Lipinski definition) is 2. The van der Waals surface area contributed by atoms with E-state index in [2.05, 4.69) is 0 Å². The Morgan fingerprint density at radius 1 is 1.33 bits per heavy atom. The van der Waals surface area contributed by atoms with Crippen molar-refractivity contribution in [3.8, 4) is 0 Å². The van der Waals surface area contributed by atoms with Crippen LogP contribution in [-0.2, 0) is 4.74 Å². The van der Waals surface area contributed by atoms with Crippen LogP contribution in [0.2, 0.25) is 0 Å². The summed E-state index contributed by atoms with van der Waals surface area (Å²) in [4.78, 5) is 0. The third-order valence-electron chi connectivity index (χ3n) is 2.99. The van der Waals surface area contributed by atoms with E-state index in [4.69, 9.17) is 10.5 Å². The van der Waals surface area contributed by atoms with Crippen molar-refractivity contribution in [1.82, 2.24) is 0 Å².